The maximum atomic E-state index is 12.2. The molecule has 0 fully saturated rings. The highest BCUT2D eigenvalue weighted by Gasteiger charge is 2.16. The SMILES string of the molecule is O=C(NN=Cc1cccc(Br)c1)c1sc2ccccc2c1Cl. The van der Waals surface area contributed by atoms with Gasteiger partial charge in [0.05, 0.1) is 11.2 Å². The lowest BCUT2D eigenvalue weighted by atomic mass is 10.2. The first-order valence-electron chi connectivity index (χ1n) is 6.41. The summed E-state index contributed by atoms with van der Waals surface area (Å²) in [6, 6.07) is 15.3. The minimum atomic E-state index is -0.308. The Bertz CT molecular complexity index is 875. The number of rotatable bonds is 3. The van der Waals surface area contributed by atoms with Gasteiger partial charge >= 0.3 is 0 Å². The molecular formula is C16H10BrClN2OS. The second-order valence-electron chi connectivity index (χ2n) is 4.50. The Balaban J connectivity index is 1.77. The Morgan fingerprint density at radius 3 is 2.82 bits per heavy atom. The van der Waals surface area contributed by atoms with Crippen LogP contribution in [0.3, 0.4) is 0 Å². The van der Waals surface area contributed by atoms with Gasteiger partial charge in [-0.15, -0.1) is 11.3 Å². The fourth-order valence-corrected chi connectivity index (χ4v) is 3.79. The number of carbonyl (C=O) groups excluding carboxylic acids is 1. The van der Waals surface area contributed by atoms with E-state index in [1.807, 2.05) is 48.5 Å². The van der Waals surface area contributed by atoms with Gasteiger partial charge in [0.1, 0.15) is 4.88 Å². The maximum absolute atomic E-state index is 12.2. The summed E-state index contributed by atoms with van der Waals surface area (Å²) >= 11 is 11.0. The molecule has 0 atom stereocenters. The smallest absolute Gasteiger partial charge is 0.266 e. The first-order valence-corrected chi connectivity index (χ1v) is 8.40. The molecule has 3 rings (SSSR count). The maximum Gasteiger partial charge on any atom is 0.283 e. The predicted octanol–water partition coefficient (Wildman–Crippen LogP) is 5.08. The van der Waals surface area contributed by atoms with Crippen molar-refractivity contribution in [3.05, 3.63) is 68.5 Å². The van der Waals surface area contributed by atoms with E-state index in [1.165, 1.54) is 11.3 Å². The molecule has 1 amide bonds. The van der Waals surface area contributed by atoms with Crippen molar-refractivity contribution in [2.75, 3.05) is 0 Å². The van der Waals surface area contributed by atoms with Crippen molar-refractivity contribution >= 4 is 61.1 Å². The van der Waals surface area contributed by atoms with Crippen molar-refractivity contribution in [1.29, 1.82) is 0 Å². The van der Waals surface area contributed by atoms with Crippen LogP contribution in [0.5, 0.6) is 0 Å². The van der Waals surface area contributed by atoms with Gasteiger partial charge in [0.15, 0.2) is 0 Å². The van der Waals surface area contributed by atoms with E-state index < -0.39 is 0 Å². The third-order valence-electron chi connectivity index (χ3n) is 2.97. The van der Waals surface area contributed by atoms with Gasteiger partial charge < -0.3 is 0 Å². The number of fused-ring (bicyclic) bond motifs is 1. The highest BCUT2D eigenvalue weighted by molar-refractivity contribution is 9.10. The molecule has 0 spiro atoms. The van der Waals surface area contributed by atoms with Crippen LogP contribution in [0.1, 0.15) is 15.2 Å². The van der Waals surface area contributed by atoms with Crippen LogP contribution in [-0.4, -0.2) is 12.1 Å². The molecule has 1 heterocycles. The van der Waals surface area contributed by atoms with Crippen LogP contribution in [-0.2, 0) is 0 Å². The average Bonchev–Trinajstić information content (AvgIpc) is 2.85. The van der Waals surface area contributed by atoms with E-state index in [4.69, 9.17) is 11.6 Å². The van der Waals surface area contributed by atoms with E-state index in [9.17, 15) is 4.79 Å². The summed E-state index contributed by atoms with van der Waals surface area (Å²) in [6.07, 6.45) is 1.59. The van der Waals surface area contributed by atoms with Gasteiger partial charge in [-0.3, -0.25) is 4.79 Å². The molecule has 3 aromatic rings. The highest BCUT2D eigenvalue weighted by atomic mass is 79.9. The molecule has 0 aliphatic heterocycles. The minimum absolute atomic E-state index is 0.308. The van der Waals surface area contributed by atoms with Crippen LogP contribution in [0.25, 0.3) is 10.1 Å². The molecule has 6 heteroatoms. The molecule has 1 N–H and O–H groups in total. The third kappa shape index (κ3) is 3.21. The van der Waals surface area contributed by atoms with E-state index in [0.717, 1.165) is 20.1 Å². The second kappa shape index (κ2) is 6.60. The zero-order chi connectivity index (χ0) is 15.5. The molecule has 0 aliphatic carbocycles. The van der Waals surface area contributed by atoms with E-state index in [0.29, 0.717) is 9.90 Å². The summed E-state index contributed by atoms with van der Waals surface area (Å²) in [5.74, 6) is -0.308. The molecule has 0 saturated heterocycles. The van der Waals surface area contributed by atoms with Crippen molar-refractivity contribution in [2.24, 2.45) is 5.10 Å². The van der Waals surface area contributed by atoms with Crippen molar-refractivity contribution in [3.8, 4) is 0 Å². The van der Waals surface area contributed by atoms with Crippen LogP contribution in [0.4, 0.5) is 0 Å². The van der Waals surface area contributed by atoms with Crippen LogP contribution in [0, 0.1) is 0 Å². The molecule has 22 heavy (non-hydrogen) atoms. The molecule has 110 valence electrons. The number of halogens is 2. The Kier molecular flexibility index (Phi) is 4.57. The zero-order valence-electron chi connectivity index (χ0n) is 11.2. The van der Waals surface area contributed by atoms with E-state index >= 15 is 0 Å². The van der Waals surface area contributed by atoms with Crippen LogP contribution < -0.4 is 5.43 Å². The number of amides is 1. The van der Waals surface area contributed by atoms with Gasteiger partial charge in [0.2, 0.25) is 0 Å². The van der Waals surface area contributed by atoms with Crippen LogP contribution in [0.2, 0.25) is 5.02 Å². The predicted molar refractivity (Wildman–Crippen MR) is 96.0 cm³/mol. The first kappa shape index (κ1) is 15.2. The third-order valence-corrected chi connectivity index (χ3v) is 5.14. The van der Waals surface area contributed by atoms with Crippen molar-refractivity contribution in [3.63, 3.8) is 0 Å². The largest absolute Gasteiger partial charge is 0.283 e. The van der Waals surface area contributed by atoms with Crippen LogP contribution in [0.15, 0.2) is 58.1 Å². The highest BCUT2D eigenvalue weighted by Crippen LogP contribution is 2.34. The van der Waals surface area contributed by atoms with Gasteiger partial charge in [-0.1, -0.05) is 57.9 Å². The summed E-state index contributed by atoms with van der Waals surface area (Å²) in [7, 11) is 0. The van der Waals surface area contributed by atoms with E-state index in [1.54, 1.807) is 6.21 Å². The van der Waals surface area contributed by atoms with E-state index in [2.05, 4.69) is 26.5 Å². The Hall–Kier alpha value is -1.69. The molecule has 0 aliphatic rings. The monoisotopic (exact) mass is 392 g/mol. The number of nitrogens with zero attached hydrogens (tertiary/aromatic N) is 1. The number of hydrogen-bond acceptors (Lipinski definition) is 3. The number of carbonyl (C=O) groups is 1. The number of hydrogen-bond donors (Lipinski definition) is 1. The standard InChI is InChI=1S/C16H10BrClN2OS/c17-11-5-3-4-10(8-11)9-19-20-16(21)15-14(18)12-6-1-2-7-13(12)22-15/h1-9H,(H,20,21). The Labute approximate surface area is 144 Å². The van der Waals surface area contributed by atoms with Crippen molar-refractivity contribution < 1.29 is 4.79 Å². The lowest BCUT2D eigenvalue weighted by Gasteiger charge is -1.98. The van der Waals surface area contributed by atoms with Gasteiger partial charge in [-0.05, 0) is 23.8 Å². The molecule has 0 bridgehead atoms. The topological polar surface area (TPSA) is 41.5 Å². The first-order chi connectivity index (χ1) is 10.6. The van der Waals surface area contributed by atoms with Gasteiger partial charge in [-0.25, -0.2) is 5.43 Å². The zero-order valence-corrected chi connectivity index (χ0v) is 14.4. The summed E-state index contributed by atoms with van der Waals surface area (Å²) in [4.78, 5) is 12.7. The number of benzene rings is 2. The van der Waals surface area contributed by atoms with Gasteiger partial charge in [0.25, 0.3) is 5.91 Å². The minimum Gasteiger partial charge on any atom is -0.266 e. The summed E-state index contributed by atoms with van der Waals surface area (Å²) in [5.41, 5.74) is 3.40. The molecular weight excluding hydrogens is 384 g/mol. The second-order valence-corrected chi connectivity index (χ2v) is 6.84. The summed E-state index contributed by atoms with van der Waals surface area (Å²) in [5, 5.41) is 5.33. The fraction of sp³-hybridized carbons (Fsp3) is 0. The van der Waals surface area contributed by atoms with Gasteiger partial charge in [0, 0.05) is 14.6 Å². The number of nitrogens with one attached hydrogen (secondary N) is 1. The lowest BCUT2D eigenvalue weighted by molar-refractivity contribution is 0.0959. The molecule has 0 radical (unpaired) electrons. The van der Waals surface area contributed by atoms with Crippen LogP contribution >= 0.6 is 38.9 Å². The number of hydrazone groups is 1. The fourth-order valence-electron chi connectivity index (χ4n) is 1.96. The van der Waals surface area contributed by atoms with E-state index in [-0.39, 0.29) is 5.91 Å². The molecule has 0 saturated carbocycles. The molecule has 0 unspecified atom stereocenters. The number of thiophene rings is 1. The summed E-state index contributed by atoms with van der Waals surface area (Å²) < 4.78 is 1.93. The van der Waals surface area contributed by atoms with Crippen molar-refractivity contribution in [1.82, 2.24) is 5.43 Å². The summed E-state index contributed by atoms with van der Waals surface area (Å²) in [6.45, 7) is 0. The molecule has 2 aromatic carbocycles. The Morgan fingerprint density at radius 1 is 1.23 bits per heavy atom. The molecule has 3 nitrogen and oxygen atoms in total. The Morgan fingerprint density at radius 2 is 2.05 bits per heavy atom. The average molecular weight is 394 g/mol. The lowest BCUT2D eigenvalue weighted by Crippen LogP contribution is -2.16. The van der Waals surface area contributed by atoms with Crippen molar-refractivity contribution in [2.45, 2.75) is 0 Å². The normalized spacial score (nSPS) is 11.2. The quantitative estimate of drug-likeness (QED) is 0.489. The van der Waals surface area contributed by atoms with Gasteiger partial charge in [-0.2, -0.15) is 5.10 Å². The molecule has 1 aromatic heterocycles.